The van der Waals surface area contributed by atoms with Crippen LogP contribution in [0, 0.1) is 6.92 Å². The number of anilines is 1. The number of nitrogen functional groups attached to an aromatic ring is 1. The molecule has 7 rings (SSSR count). The van der Waals surface area contributed by atoms with Crippen LogP contribution < -0.4 is 11.5 Å². The van der Waals surface area contributed by atoms with Crippen molar-refractivity contribution in [3.05, 3.63) is 108 Å². The molecule has 5 aromatic heterocycles. The van der Waals surface area contributed by atoms with Crippen LogP contribution in [0.25, 0.3) is 34.1 Å². The lowest BCUT2D eigenvalue weighted by Gasteiger charge is -2.12. The Morgan fingerprint density at radius 3 is 2.58 bits per heavy atom. The smallest absolute Gasteiger partial charge is 0.250 e. The van der Waals surface area contributed by atoms with Gasteiger partial charge in [-0.3, -0.25) is 14.3 Å². The Labute approximate surface area is 230 Å². The molecule has 4 N–H and O–H groups in total. The van der Waals surface area contributed by atoms with E-state index < -0.39 is 5.91 Å². The Balaban J connectivity index is 0.000000246. The van der Waals surface area contributed by atoms with Crippen LogP contribution in [0.1, 0.15) is 33.5 Å². The molecular formula is C30H27N9O. The summed E-state index contributed by atoms with van der Waals surface area (Å²) in [6.45, 7) is 1.82. The van der Waals surface area contributed by atoms with Crippen molar-refractivity contribution < 1.29 is 4.79 Å². The second kappa shape index (κ2) is 10.4. The first kappa shape index (κ1) is 24.9. The van der Waals surface area contributed by atoms with Gasteiger partial charge in [0, 0.05) is 36.7 Å². The van der Waals surface area contributed by atoms with Gasteiger partial charge in [-0.15, -0.1) is 0 Å². The summed E-state index contributed by atoms with van der Waals surface area (Å²) in [5, 5.41) is 4.32. The van der Waals surface area contributed by atoms with Gasteiger partial charge in [0.1, 0.15) is 11.3 Å². The van der Waals surface area contributed by atoms with Crippen molar-refractivity contribution in [2.24, 2.45) is 5.73 Å². The Kier molecular flexibility index (Phi) is 6.49. The topological polar surface area (TPSA) is 143 Å². The molecule has 0 spiro atoms. The van der Waals surface area contributed by atoms with Gasteiger partial charge in [0.15, 0.2) is 17.3 Å². The summed E-state index contributed by atoms with van der Waals surface area (Å²) in [6.07, 6.45) is 11.9. The minimum absolute atomic E-state index is 0.425. The number of primary amides is 1. The van der Waals surface area contributed by atoms with Gasteiger partial charge in [0.05, 0.1) is 11.1 Å². The number of amides is 1. The minimum atomic E-state index is -0.425. The van der Waals surface area contributed by atoms with Gasteiger partial charge in [-0.2, -0.15) is 5.10 Å². The molecule has 0 saturated carbocycles. The molecule has 0 radical (unpaired) electrons. The minimum Gasteiger partial charge on any atom is -0.383 e. The predicted octanol–water partition coefficient (Wildman–Crippen LogP) is 4.23. The monoisotopic (exact) mass is 529 g/mol. The van der Waals surface area contributed by atoms with Gasteiger partial charge < -0.3 is 11.5 Å². The highest BCUT2D eigenvalue weighted by molar-refractivity contribution is 5.93. The first-order chi connectivity index (χ1) is 19.5. The molecule has 10 heteroatoms. The third-order valence-electron chi connectivity index (χ3n) is 6.95. The zero-order valence-corrected chi connectivity index (χ0v) is 21.9. The largest absolute Gasteiger partial charge is 0.383 e. The number of carbonyl (C=O) groups excluding carboxylic acids is 1. The van der Waals surface area contributed by atoms with E-state index in [2.05, 4.69) is 37.8 Å². The first-order valence-electron chi connectivity index (χ1n) is 12.9. The van der Waals surface area contributed by atoms with E-state index in [-0.39, 0.29) is 0 Å². The van der Waals surface area contributed by atoms with Gasteiger partial charge in [0.25, 0.3) is 5.91 Å². The fourth-order valence-electron chi connectivity index (χ4n) is 4.93. The molecule has 1 amide bonds. The van der Waals surface area contributed by atoms with Crippen LogP contribution in [-0.4, -0.2) is 40.2 Å². The first-order valence-corrected chi connectivity index (χ1v) is 12.9. The van der Waals surface area contributed by atoms with E-state index in [4.69, 9.17) is 21.4 Å². The van der Waals surface area contributed by atoms with Crippen LogP contribution in [-0.2, 0) is 12.8 Å². The molecule has 0 saturated heterocycles. The Morgan fingerprint density at radius 1 is 0.950 bits per heavy atom. The normalized spacial score (nSPS) is 12.1. The fourth-order valence-corrected chi connectivity index (χ4v) is 4.93. The number of aryl methyl sites for hydroxylation is 3. The molecule has 1 aliphatic carbocycles. The van der Waals surface area contributed by atoms with E-state index in [9.17, 15) is 4.79 Å². The SMILES string of the molecule is Cc1ccncc1C(N)=O.Nc1ncccc1-c1nc2ccc(-n3cccn3)nc2n1-c1ccc2c(c1)CCC2. The summed E-state index contributed by atoms with van der Waals surface area (Å²) in [7, 11) is 0. The molecule has 10 nitrogen and oxygen atoms in total. The number of fused-ring (bicyclic) bond motifs is 2. The molecule has 0 fully saturated rings. The summed E-state index contributed by atoms with van der Waals surface area (Å²) in [5.74, 6) is 1.49. The van der Waals surface area contributed by atoms with Crippen molar-refractivity contribution in [2.75, 3.05) is 5.73 Å². The van der Waals surface area contributed by atoms with E-state index in [0.717, 1.165) is 52.5 Å². The molecule has 6 aromatic rings. The maximum absolute atomic E-state index is 10.6. The summed E-state index contributed by atoms with van der Waals surface area (Å²) < 4.78 is 3.83. The second-order valence-electron chi connectivity index (χ2n) is 9.53. The third-order valence-corrected chi connectivity index (χ3v) is 6.95. The van der Waals surface area contributed by atoms with Gasteiger partial charge in [-0.25, -0.2) is 19.6 Å². The van der Waals surface area contributed by atoms with Crippen LogP contribution in [0.15, 0.2) is 85.6 Å². The number of nitrogens with two attached hydrogens (primary N) is 2. The van der Waals surface area contributed by atoms with Crippen molar-refractivity contribution in [1.82, 2.24) is 34.3 Å². The third kappa shape index (κ3) is 4.66. The molecule has 1 aromatic carbocycles. The average Bonchev–Trinajstić information content (AvgIpc) is 3.73. The number of benzene rings is 1. The standard InChI is InChI=1S/C23H19N7.C7H8N2O/c24-21-18(6-2-11-25-21)22-27-19-9-10-20(29-13-3-12-26-29)28-23(19)30(22)17-8-7-15-4-1-5-16(15)14-17;1-5-2-3-9-4-6(5)7(8)10/h2-3,6-14H,1,4-5H2,(H2,24,25);2-4H,1H3,(H2,8,10). The van der Waals surface area contributed by atoms with Crippen LogP contribution in [0.3, 0.4) is 0 Å². The van der Waals surface area contributed by atoms with Crippen molar-refractivity contribution in [2.45, 2.75) is 26.2 Å². The Bertz CT molecular complexity index is 1840. The van der Waals surface area contributed by atoms with Crippen LogP contribution in [0.4, 0.5) is 5.82 Å². The molecule has 0 aliphatic heterocycles. The molecule has 0 bridgehead atoms. The van der Waals surface area contributed by atoms with Crippen LogP contribution in [0.2, 0.25) is 0 Å². The number of pyridine rings is 3. The molecule has 40 heavy (non-hydrogen) atoms. The zero-order valence-electron chi connectivity index (χ0n) is 21.9. The molecule has 0 unspecified atom stereocenters. The lowest BCUT2D eigenvalue weighted by molar-refractivity contribution is 0.0999. The van der Waals surface area contributed by atoms with Gasteiger partial charge >= 0.3 is 0 Å². The molecular weight excluding hydrogens is 502 g/mol. The Hall–Kier alpha value is -5.38. The number of nitrogens with zero attached hydrogens (tertiary/aromatic N) is 7. The number of imidazole rings is 1. The summed E-state index contributed by atoms with van der Waals surface area (Å²) in [4.78, 5) is 28.4. The number of aromatic nitrogens is 7. The maximum atomic E-state index is 10.6. The second-order valence-corrected chi connectivity index (χ2v) is 9.53. The lowest BCUT2D eigenvalue weighted by atomic mass is 10.1. The van der Waals surface area contributed by atoms with Crippen LogP contribution >= 0.6 is 0 Å². The maximum Gasteiger partial charge on any atom is 0.250 e. The molecule has 5 heterocycles. The summed E-state index contributed by atoms with van der Waals surface area (Å²) >= 11 is 0. The fraction of sp³-hybridized carbons (Fsp3) is 0.133. The lowest BCUT2D eigenvalue weighted by Crippen LogP contribution is -2.12. The molecule has 0 atom stereocenters. The number of rotatable bonds is 4. The number of carbonyl (C=O) groups is 1. The van der Waals surface area contributed by atoms with Crippen molar-refractivity contribution in [3.8, 4) is 22.9 Å². The van der Waals surface area contributed by atoms with Crippen molar-refractivity contribution in [1.29, 1.82) is 0 Å². The Morgan fingerprint density at radius 2 is 1.82 bits per heavy atom. The van der Waals surface area contributed by atoms with Gasteiger partial charge in [-0.1, -0.05) is 6.07 Å². The summed E-state index contributed by atoms with van der Waals surface area (Å²) in [6, 6.07) is 18.0. The van der Waals surface area contributed by atoms with Crippen molar-refractivity contribution >= 4 is 22.9 Å². The van der Waals surface area contributed by atoms with E-state index in [1.165, 1.54) is 23.7 Å². The zero-order chi connectivity index (χ0) is 27.6. The van der Waals surface area contributed by atoms with E-state index >= 15 is 0 Å². The van der Waals surface area contributed by atoms with Gasteiger partial charge in [-0.05, 0) is 91.4 Å². The molecule has 1 aliphatic rings. The highest BCUT2D eigenvalue weighted by Gasteiger charge is 2.20. The van der Waals surface area contributed by atoms with E-state index in [1.807, 2.05) is 43.5 Å². The predicted molar refractivity (Wildman–Crippen MR) is 153 cm³/mol. The molecule has 198 valence electrons. The van der Waals surface area contributed by atoms with E-state index in [0.29, 0.717) is 11.4 Å². The van der Waals surface area contributed by atoms with E-state index in [1.54, 1.807) is 29.3 Å². The number of hydrogen-bond donors (Lipinski definition) is 2. The average molecular weight is 530 g/mol. The number of hydrogen-bond acceptors (Lipinski definition) is 7. The highest BCUT2D eigenvalue weighted by atomic mass is 16.1. The summed E-state index contributed by atoms with van der Waals surface area (Å²) in [5.41, 5.74) is 18.8. The highest BCUT2D eigenvalue weighted by Crippen LogP contribution is 2.32. The van der Waals surface area contributed by atoms with Crippen LogP contribution in [0.5, 0.6) is 0 Å². The van der Waals surface area contributed by atoms with Crippen molar-refractivity contribution in [3.63, 3.8) is 0 Å². The quantitative estimate of drug-likeness (QED) is 0.348. The van der Waals surface area contributed by atoms with Gasteiger partial charge in [0.2, 0.25) is 0 Å².